The average molecular weight is 395 g/mol. The first-order valence-electron chi connectivity index (χ1n) is 8.17. The molecule has 0 radical (unpaired) electrons. The lowest BCUT2D eigenvalue weighted by Gasteiger charge is -2.05. The SMILES string of the molecule is O=C(Cc1csc(-c2cccc(F)c2)n1)Nc1ccc(-c2nccs2)cc1. The zero-order chi connectivity index (χ0) is 18.6. The topological polar surface area (TPSA) is 54.9 Å². The van der Waals surface area contributed by atoms with Crippen molar-refractivity contribution in [1.29, 1.82) is 0 Å². The van der Waals surface area contributed by atoms with Gasteiger partial charge in [-0.1, -0.05) is 12.1 Å². The Morgan fingerprint density at radius 3 is 2.63 bits per heavy atom. The molecule has 7 heteroatoms. The third-order valence-corrected chi connectivity index (χ3v) is 5.58. The van der Waals surface area contributed by atoms with Crippen LogP contribution in [0.15, 0.2) is 65.5 Å². The maximum absolute atomic E-state index is 13.3. The highest BCUT2D eigenvalue weighted by molar-refractivity contribution is 7.13. The van der Waals surface area contributed by atoms with Crippen molar-refractivity contribution in [3.8, 4) is 21.1 Å². The van der Waals surface area contributed by atoms with Crippen LogP contribution in [-0.2, 0) is 11.2 Å². The smallest absolute Gasteiger partial charge is 0.230 e. The Morgan fingerprint density at radius 1 is 1.04 bits per heavy atom. The van der Waals surface area contributed by atoms with Crippen LogP contribution in [0.1, 0.15) is 5.69 Å². The molecule has 2 aromatic heterocycles. The lowest BCUT2D eigenvalue weighted by atomic mass is 10.2. The third kappa shape index (κ3) is 4.27. The van der Waals surface area contributed by atoms with Crippen molar-refractivity contribution < 1.29 is 9.18 Å². The summed E-state index contributed by atoms with van der Waals surface area (Å²) in [5.74, 6) is -0.448. The molecule has 0 saturated heterocycles. The number of thiazole rings is 2. The van der Waals surface area contributed by atoms with Gasteiger partial charge in [-0.25, -0.2) is 14.4 Å². The van der Waals surface area contributed by atoms with Crippen LogP contribution in [0.3, 0.4) is 0 Å². The van der Waals surface area contributed by atoms with Gasteiger partial charge in [-0.2, -0.15) is 0 Å². The zero-order valence-corrected chi connectivity index (χ0v) is 15.7. The van der Waals surface area contributed by atoms with Gasteiger partial charge in [0, 0.05) is 33.8 Å². The van der Waals surface area contributed by atoms with E-state index in [9.17, 15) is 9.18 Å². The van der Waals surface area contributed by atoms with Gasteiger partial charge in [0.2, 0.25) is 5.91 Å². The molecule has 0 saturated carbocycles. The van der Waals surface area contributed by atoms with Crippen molar-refractivity contribution in [3.05, 3.63) is 77.0 Å². The minimum atomic E-state index is -0.303. The van der Waals surface area contributed by atoms with Crippen LogP contribution >= 0.6 is 22.7 Å². The van der Waals surface area contributed by atoms with Crippen LogP contribution in [-0.4, -0.2) is 15.9 Å². The van der Waals surface area contributed by atoms with Crippen LogP contribution in [0.2, 0.25) is 0 Å². The molecule has 0 aliphatic carbocycles. The van der Waals surface area contributed by atoms with Crippen LogP contribution in [0.5, 0.6) is 0 Å². The second-order valence-electron chi connectivity index (χ2n) is 5.79. The number of carbonyl (C=O) groups is 1. The maximum Gasteiger partial charge on any atom is 0.230 e. The summed E-state index contributed by atoms with van der Waals surface area (Å²) in [5.41, 5.74) is 3.11. The van der Waals surface area contributed by atoms with Gasteiger partial charge >= 0.3 is 0 Å². The first-order chi connectivity index (χ1) is 13.2. The number of anilines is 1. The van der Waals surface area contributed by atoms with Gasteiger partial charge in [-0.15, -0.1) is 22.7 Å². The molecule has 0 aliphatic heterocycles. The highest BCUT2D eigenvalue weighted by atomic mass is 32.1. The summed E-state index contributed by atoms with van der Waals surface area (Å²) in [6.45, 7) is 0. The molecular weight excluding hydrogens is 381 g/mol. The number of hydrogen-bond donors (Lipinski definition) is 1. The van der Waals surface area contributed by atoms with Gasteiger partial charge in [0.05, 0.1) is 12.1 Å². The number of nitrogens with one attached hydrogen (secondary N) is 1. The number of carbonyl (C=O) groups excluding carboxylic acids is 1. The number of aromatic nitrogens is 2. The summed E-state index contributed by atoms with van der Waals surface area (Å²) in [5, 5.41) is 8.27. The van der Waals surface area contributed by atoms with Gasteiger partial charge in [0.25, 0.3) is 0 Å². The molecule has 134 valence electrons. The number of nitrogens with zero attached hydrogens (tertiary/aromatic N) is 2. The molecule has 0 unspecified atom stereocenters. The Kier molecular flexibility index (Phi) is 5.04. The van der Waals surface area contributed by atoms with Crippen LogP contribution in [0.25, 0.3) is 21.1 Å². The molecule has 1 N–H and O–H groups in total. The fourth-order valence-electron chi connectivity index (χ4n) is 2.57. The lowest BCUT2D eigenvalue weighted by Crippen LogP contribution is -2.14. The molecule has 2 heterocycles. The molecule has 27 heavy (non-hydrogen) atoms. The van der Waals surface area contributed by atoms with Crippen molar-refractivity contribution in [1.82, 2.24) is 9.97 Å². The second kappa shape index (κ2) is 7.77. The number of amides is 1. The van der Waals surface area contributed by atoms with Crippen molar-refractivity contribution >= 4 is 34.3 Å². The van der Waals surface area contributed by atoms with E-state index >= 15 is 0 Å². The molecular formula is C20H14FN3OS2. The minimum absolute atomic E-state index is 0.145. The van der Waals surface area contributed by atoms with E-state index < -0.39 is 0 Å². The predicted molar refractivity (Wildman–Crippen MR) is 107 cm³/mol. The average Bonchev–Trinajstić information content (AvgIpc) is 3.34. The Labute approximate surface area is 163 Å². The van der Waals surface area contributed by atoms with Crippen molar-refractivity contribution in [2.45, 2.75) is 6.42 Å². The van der Waals surface area contributed by atoms with Crippen molar-refractivity contribution in [2.75, 3.05) is 5.32 Å². The summed E-state index contributed by atoms with van der Waals surface area (Å²) in [6.07, 6.45) is 1.93. The maximum atomic E-state index is 13.3. The van der Waals surface area contributed by atoms with E-state index in [1.165, 1.54) is 23.5 Å². The van der Waals surface area contributed by atoms with E-state index in [0.717, 1.165) is 16.3 Å². The lowest BCUT2D eigenvalue weighted by molar-refractivity contribution is -0.115. The molecule has 0 fully saturated rings. The largest absolute Gasteiger partial charge is 0.326 e. The highest BCUT2D eigenvalue weighted by Gasteiger charge is 2.10. The van der Waals surface area contributed by atoms with Gasteiger partial charge < -0.3 is 5.32 Å². The second-order valence-corrected chi connectivity index (χ2v) is 7.55. The van der Waals surface area contributed by atoms with Crippen LogP contribution in [0.4, 0.5) is 10.1 Å². The van der Waals surface area contributed by atoms with E-state index in [2.05, 4.69) is 15.3 Å². The molecule has 4 rings (SSSR count). The van der Waals surface area contributed by atoms with Crippen LogP contribution in [0, 0.1) is 5.82 Å². The monoisotopic (exact) mass is 395 g/mol. The highest BCUT2D eigenvalue weighted by Crippen LogP contribution is 2.25. The zero-order valence-electron chi connectivity index (χ0n) is 14.1. The Morgan fingerprint density at radius 2 is 1.89 bits per heavy atom. The molecule has 4 nitrogen and oxygen atoms in total. The first-order valence-corrected chi connectivity index (χ1v) is 9.93. The van der Waals surface area contributed by atoms with Gasteiger partial charge in [0.15, 0.2) is 0 Å². The number of rotatable bonds is 5. The fourth-order valence-corrected chi connectivity index (χ4v) is 4.04. The number of halogens is 1. The predicted octanol–water partition coefficient (Wildman–Crippen LogP) is 5.25. The molecule has 2 aromatic carbocycles. The first kappa shape index (κ1) is 17.5. The summed E-state index contributed by atoms with van der Waals surface area (Å²) in [7, 11) is 0. The fraction of sp³-hybridized carbons (Fsp3) is 0.0500. The molecule has 0 spiro atoms. The number of benzene rings is 2. The summed E-state index contributed by atoms with van der Waals surface area (Å²) in [6, 6.07) is 13.8. The van der Waals surface area contributed by atoms with E-state index in [0.29, 0.717) is 16.3 Å². The van der Waals surface area contributed by atoms with E-state index in [1.807, 2.05) is 35.0 Å². The molecule has 0 bridgehead atoms. The van der Waals surface area contributed by atoms with Crippen molar-refractivity contribution in [2.24, 2.45) is 0 Å². The minimum Gasteiger partial charge on any atom is -0.326 e. The third-order valence-electron chi connectivity index (χ3n) is 3.81. The molecule has 4 aromatic rings. The van der Waals surface area contributed by atoms with Gasteiger partial charge in [-0.05, 0) is 36.4 Å². The standard InChI is InChI=1S/C20H14FN3OS2/c21-15-3-1-2-14(10-15)20-24-17(12-27-20)11-18(25)23-16-6-4-13(5-7-16)19-22-8-9-26-19/h1-10,12H,11H2,(H,23,25). The molecule has 0 aliphatic rings. The van der Waals surface area contributed by atoms with Gasteiger partial charge in [0.1, 0.15) is 15.8 Å². The van der Waals surface area contributed by atoms with Crippen molar-refractivity contribution in [3.63, 3.8) is 0 Å². The van der Waals surface area contributed by atoms with E-state index in [4.69, 9.17) is 0 Å². The normalized spacial score (nSPS) is 10.7. The quantitative estimate of drug-likeness (QED) is 0.502. The van der Waals surface area contributed by atoms with Crippen LogP contribution < -0.4 is 5.32 Å². The van der Waals surface area contributed by atoms with Gasteiger partial charge in [-0.3, -0.25) is 4.79 Å². The molecule has 0 atom stereocenters. The Hall–Kier alpha value is -2.90. The van der Waals surface area contributed by atoms with E-state index in [-0.39, 0.29) is 18.1 Å². The Balaban J connectivity index is 1.40. The summed E-state index contributed by atoms with van der Waals surface area (Å²) < 4.78 is 13.3. The molecule has 1 amide bonds. The number of hydrogen-bond acceptors (Lipinski definition) is 5. The van der Waals surface area contributed by atoms with E-state index in [1.54, 1.807) is 29.7 Å². The summed E-state index contributed by atoms with van der Waals surface area (Å²) in [4.78, 5) is 21.0. The Bertz CT molecular complexity index is 1060. The summed E-state index contributed by atoms with van der Waals surface area (Å²) >= 11 is 2.97.